The Morgan fingerprint density at radius 1 is 1.27 bits per heavy atom. The number of hydrogen-bond acceptors (Lipinski definition) is 7. The van der Waals surface area contributed by atoms with E-state index in [2.05, 4.69) is 20.0 Å². The number of H-pyrrole nitrogens is 1. The van der Waals surface area contributed by atoms with Crippen LogP contribution in [0.4, 0.5) is 9.18 Å². The first-order chi connectivity index (χ1) is 19.5. The highest BCUT2D eigenvalue weighted by Gasteiger charge is 2.22. The number of alkyl carbamates (subject to hydrolysis) is 1. The van der Waals surface area contributed by atoms with Crippen LogP contribution in [-0.2, 0) is 27.3 Å². The lowest BCUT2D eigenvalue weighted by molar-refractivity contribution is -0.123. The highest BCUT2D eigenvalue weighted by Crippen LogP contribution is 2.28. The zero-order valence-electron chi connectivity index (χ0n) is 23.9. The number of allylic oxidation sites excluding steroid dienone is 1. The Bertz CT molecular complexity index is 1480. The summed E-state index contributed by atoms with van der Waals surface area (Å²) in [4.78, 5) is 58.6. The summed E-state index contributed by atoms with van der Waals surface area (Å²) in [5.41, 5.74) is 1.36. The van der Waals surface area contributed by atoms with Gasteiger partial charge >= 0.3 is 6.09 Å². The third kappa shape index (κ3) is 8.50. The first kappa shape index (κ1) is 31.1. The number of fused-ring (bicyclic) bond motifs is 1. The maximum absolute atomic E-state index is 14.4. The van der Waals surface area contributed by atoms with Crippen molar-refractivity contribution in [2.45, 2.75) is 45.7 Å². The molecule has 0 saturated carbocycles. The van der Waals surface area contributed by atoms with E-state index < -0.39 is 18.0 Å². The molecule has 0 radical (unpaired) electrons. The summed E-state index contributed by atoms with van der Waals surface area (Å²) in [5, 5.41) is 2.51. The number of carbonyl (C=O) groups excluding carboxylic acids is 3. The Labute approximate surface area is 237 Å². The number of nitrogens with one attached hydrogen (secondary N) is 2. The third-order valence-electron chi connectivity index (χ3n) is 6.17. The molecule has 0 aromatic carbocycles. The molecule has 2 N–H and O–H groups in total. The number of carbonyl (C=O) groups is 3. The standard InChI is InChI=1S/C29H36FN5O6/c1-18(2)17-41-27-21(30)15-31-23-14-20(32-26(23)27)16-35-12-8-9-19(28(35)38)13-24(36)22(33-29(39)40-5)10-6-7-11-25(37)34(3)4/h7-9,11-12,14-15,18,22,32H,6,10,13,16-17H2,1-5H3,(H,33,39)/b11-7+/t22-/m0/s1. The molecule has 0 spiro atoms. The Morgan fingerprint density at radius 2 is 2.02 bits per heavy atom. The van der Waals surface area contributed by atoms with Crippen LogP contribution in [-0.4, -0.2) is 71.1 Å². The molecule has 2 amide bonds. The van der Waals surface area contributed by atoms with Gasteiger partial charge in [-0.15, -0.1) is 0 Å². The van der Waals surface area contributed by atoms with E-state index in [0.717, 1.165) is 6.20 Å². The van der Waals surface area contributed by atoms with E-state index >= 15 is 0 Å². The fraction of sp³-hybridized carbons (Fsp3) is 0.414. The van der Waals surface area contributed by atoms with E-state index in [1.807, 2.05) is 13.8 Å². The number of ether oxygens (including phenoxy) is 2. The van der Waals surface area contributed by atoms with E-state index in [-0.39, 0.29) is 53.9 Å². The van der Waals surface area contributed by atoms with E-state index in [1.54, 1.807) is 44.6 Å². The van der Waals surface area contributed by atoms with Crippen molar-refractivity contribution >= 4 is 28.8 Å². The van der Waals surface area contributed by atoms with Gasteiger partial charge in [0.25, 0.3) is 5.56 Å². The summed E-state index contributed by atoms with van der Waals surface area (Å²) in [5.74, 6) is -0.892. The fourth-order valence-electron chi connectivity index (χ4n) is 4.00. The zero-order chi connectivity index (χ0) is 30.1. The van der Waals surface area contributed by atoms with Gasteiger partial charge in [-0.3, -0.25) is 19.4 Å². The lowest BCUT2D eigenvalue weighted by Gasteiger charge is -2.16. The van der Waals surface area contributed by atoms with Gasteiger partial charge in [0.1, 0.15) is 5.52 Å². The predicted molar refractivity (Wildman–Crippen MR) is 151 cm³/mol. The van der Waals surface area contributed by atoms with Crippen LogP contribution in [0.2, 0.25) is 0 Å². The monoisotopic (exact) mass is 569 g/mol. The molecule has 0 fully saturated rings. The van der Waals surface area contributed by atoms with Crippen LogP contribution < -0.4 is 15.6 Å². The molecule has 0 bridgehead atoms. The number of amides is 2. The van der Waals surface area contributed by atoms with Gasteiger partial charge in [0.15, 0.2) is 17.3 Å². The minimum Gasteiger partial charge on any atom is -0.488 e. The number of halogens is 1. The number of rotatable bonds is 13. The molecule has 41 heavy (non-hydrogen) atoms. The molecule has 11 nitrogen and oxygen atoms in total. The molecule has 0 saturated heterocycles. The van der Waals surface area contributed by atoms with Gasteiger partial charge in [0.2, 0.25) is 5.91 Å². The van der Waals surface area contributed by atoms with Crippen molar-refractivity contribution in [3.63, 3.8) is 0 Å². The van der Waals surface area contributed by atoms with Gasteiger partial charge in [-0.2, -0.15) is 0 Å². The molecule has 0 aliphatic carbocycles. The highest BCUT2D eigenvalue weighted by molar-refractivity contribution is 5.89. The van der Waals surface area contributed by atoms with Crippen molar-refractivity contribution in [1.82, 2.24) is 24.8 Å². The number of likely N-dealkylation sites (N-methyl/N-ethyl adjacent to an activating group) is 1. The maximum Gasteiger partial charge on any atom is 0.407 e. The van der Waals surface area contributed by atoms with Crippen molar-refractivity contribution in [2.75, 3.05) is 27.8 Å². The predicted octanol–water partition coefficient (Wildman–Crippen LogP) is 3.21. The molecule has 220 valence electrons. The quantitative estimate of drug-likeness (QED) is 0.302. The van der Waals surface area contributed by atoms with Crippen LogP contribution >= 0.6 is 0 Å². The number of pyridine rings is 2. The van der Waals surface area contributed by atoms with Gasteiger partial charge in [-0.25, -0.2) is 9.18 Å². The average molecular weight is 570 g/mol. The van der Waals surface area contributed by atoms with Crippen LogP contribution in [0.15, 0.2) is 47.5 Å². The Balaban J connectivity index is 1.77. The summed E-state index contributed by atoms with van der Waals surface area (Å²) in [6, 6.07) is 4.00. The van der Waals surface area contributed by atoms with Crippen molar-refractivity contribution in [3.8, 4) is 5.75 Å². The second-order valence-corrected chi connectivity index (χ2v) is 10.2. The summed E-state index contributed by atoms with van der Waals surface area (Å²) in [6.45, 7) is 4.37. The number of aromatic nitrogens is 3. The molecule has 3 aromatic rings. The molecule has 1 atom stereocenters. The lowest BCUT2D eigenvalue weighted by Crippen LogP contribution is -2.42. The number of ketones is 1. The molecule has 0 aliphatic heterocycles. The van der Waals surface area contributed by atoms with Gasteiger partial charge in [0, 0.05) is 38.0 Å². The minimum absolute atomic E-state index is 0.0757. The molecule has 12 heteroatoms. The molecule has 3 heterocycles. The maximum atomic E-state index is 14.4. The van der Waals surface area contributed by atoms with E-state index in [4.69, 9.17) is 4.74 Å². The number of methoxy groups -OCH3 is 1. The molecular weight excluding hydrogens is 533 g/mol. The Hall–Kier alpha value is -4.48. The van der Waals surface area contributed by atoms with Gasteiger partial charge in [0.05, 0.1) is 38.0 Å². The second kappa shape index (κ2) is 14.2. The third-order valence-corrected chi connectivity index (χ3v) is 6.17. The topological polar surface area (TPSA) is 136 Å². The van der Waals surface area contributed by atoms with Crippen molar-refractivity contribution in [1.29, 1.82) is 0 Å². The normalized spacial score (nSPS) is 12.1. The van der Waals surface area contributed by atoms with Gasteiger partial charge in [-0.05, 0) is 37.0 Å². The number of Topliss-reactive ketones (excluding diaryl/α,β-unsaturated/α-hetero) is 1. The van der Waals surface area contributed by atoms with Gasteiger partial charge < -0.3 is 29.2 Å². The van der Waals surface area contributed by atoms with E-state index in [0.29, 0.717) is 29.8 Å². The van der Waals surface area contributed by atoms with Crippen molar-refractivity contribution < 1.29 is 28.2 Å². The Kier molecular flexibility index (Phi) is 10.8. The largest absolute Gasteiger partial charge is 0.488 e. The van der Waals surface area contributed by atoms with Crippen LogP contribution in [0, 0.1) is 11.7 Å². The number of nitrogens with zero attached hydrogens (tertiary/aromatic N) is 3. The average Bonchev–Trinajstić information content (AvgIpc) is 3.34. The Morgan fingerprint density at radius 3 is 2.71 bits per heavy atom. The SMILES string of the molecule is COC(=O)N[C@@H](CC/C=C/C(=O)N(C)C)C(=O)Cc1cccn(Cc2cc3ncc(F)c(OCC(C)C)c3[nH]2)c1=O. The smallest absolute Gasteiger partial charge is 0.407 e. The molecule has 3 aromatic heterocycles. The van der Waals surface area contributed by atoms with Crippen LogP contribution in [0.3, 0.4) is 0 Å². The van der Waals surface area contributed by atoms with Crippen LogP contribution in [0.1, 0.15) is 37.9 Å². The van der Waals surface area contributed by atoms with Gasteiger partial charge in [-0.1, -0.05) is 26.0 Å². The lowest BCUT2D eigenvalue weighted by atomic mass is 10.0. The highest BCUT2D eigenvalue weighted by atomic mass is 19.1. The fourth-order valence-corrected chi connectivity index (χ4v) is 4.00. The number of hydrogen-bond donors (Lipinski definition) is 2. The van der Waals surface area contributed by atoms with Crippen LogP contribution in [0.5, 0.6) is 5.75 Å². The van der Waals surface area contributed by atoms with Crippen molar-refractivity contribution in [2.24, 2.45) is 5.92 Å². The summed E-state index contributed by atoms with van der Waals surface area (Å²) < 4.78 is 26.2. The minimum atomic E-state index is -0.923. The first-order valence-corrected chi connectivity index (χ1v) is 13.2. The van der Waals surface area contributed by atoms with E-state index in [1.165, 1.54) is 22.7 Å². The molecular formula is C29H36FN5O6. The summed E-state index contributed by atoms with van der Waals surface area (Å²) >= 11 is 0. The second-order valence-electron chi connectivity index (χ2n) is 10.2. The number of aromatic amines is 1. The van der Waals surface area contributed by atoms with E-state index in [9.17, 15) is 23.6 Å². The zero-order valence-corrected chi connectivity index (χ0v) is 23.9. The van der Waals surface area contributed by atoms with Crippen molar-refractivity contribution in [3.05, 3.63) is 70.2 Å². The molecule has 0 unspecified atom stereocenters. The summed E-state index contributed by atoms with van der Waals surface area (Å²) in [7, 11) is 4.44. The van der Waals surface area contributed by atoms with Crippen LogP contribution in [0.25, 0.3) is 11.0 Å². The molecule has 3 rings (SSSR count). The first-order valence-electron chi connectivity index (χ1n) is 13.2. The molecule has 0 aliphatic rings. The summed E-state index contributed by atoms with van der Waals surface area (Å²) in [6.07, 6.45) is 5.26.